The quantitative estimate of drug-likeness (QED) is 0.459. The fourth-order valence-corrected chi connectivity index (χ4v) is 4.41. The molecular weight excluding hydrogens is 453 g/mol. The van der Waals surface area contributed by atoms with Crippen LogP contribution in [0.2, 0.25) is 10.0 Å². The van der Waals surface area contributed by atoms with Gasteiger partial charge in [-0.3, -0.25) is 9.69 Å². The van der Waals surface area contributed by atoms with Gasteiger partial charge in [0.05, 0.1) is 18.0 Å². The number of thiazole rings is 1. The van der Waals surface area contributed by atoms with Crippen molar-refractivity contribution in [3.05, 3.63) is 80.8 Å². The second-order valence-corrected chi connectivity index (χ2v) is 9.12. The number of aromatic nitrogens is 1. The summed E-state index contributed by atoms with van der Waals surface area (Å²) in [7, 11) is 1.84. The van der Waals surface area contributed by atoms with Crippen LogP contribution in [0.3, 0.4) is 0 Å². The zero-order valence-corrected chi connectivity index (χ0v) is 19.9. The van der Waals surface area contributed by atoms with Crippen LogP contribution in [0.1, 0.15) is 26.5 Å². The van der Waals surface area contributed by atoms with Crippen LogP contribution in [-0.4, -0.2) is 41.1 Å². The SMILES string of the molecule is C=C(c1nc(N(C(=O)c2ccc(Cl)cc2C)c2ccc(Cl)cc2)sc1C)N(C)CCO. The number of hydrogen-bond donors (Lipinski definition) is 1. The molecule has 0 fully saturated rings. The summed E-state index contributed by atoms with van der Waals surface area (Å²) in [5, 5.41) is 10.9. The van der Waals surface area contributed by atoms with E-state index < -0.39 is 0 Å². The van der Waals surface area contributed by atoms with Gasteiger partial charge in [-0.1, -0.05) is 29.8 Å². The Morgan fingerprint density at radius 2 is 1.77 bits per heavy atom. The largest absolute Gasteiger partial charge is 0.395 e. The number of nitrogens with zero attached hydrogens (tertiary/aromatic N) is 3. The fourth-order valence-electron chi connectivity index (χ4n) is 3.10. The first-order valence-corrected chi connectivity index (χ1v) is 11.1. The Bertz CT molecular complexity index is 1110. The third-order valence-corrected chi connectivity index (χ3v) is 6.30. The van der Waals surface area contributed by atoms with Gasteiger partial charge < -0.3 is 10.0 Å². The summed E-state index contributed by atoms with van der Waals surface area (Å²) in [5.74, 6) is -0.217. The molecule has 1 amide bonds. The molecule has 1 heterocycles. The topological polar surface area (TPSA) is 56.7 Å². The molecule has 0 spiro atoms. The third-order valence-electron chi connectivity index (χ3n) is 4.85. The Labute approximate surface area is 196 Å². The lowest BCUT2D eigenvalue weighted by Gasteiger charge is -2.22. The maximum atomic E-state index is 13.6. The summed E-state index contributed by atoms with van der Waals surface area (Å²) in [6, 6.07) is 12.2. The smallest absolute Gasteiger partial charge is 0.264 e. The summed E-state index contributed by atoms with van der Waals surface area (Å²) in [4.78, 5) is 22.7. The van der Waals surface area contributed by atoms with Crippen molar-refractivity contribution in [2.75, 3.05) is 25.1 Å². The highest BCUT2D eigenvalue weighted by molar-refractivity contribution is 7.16. The predicted molar refractivity (Wildman–Crippen MR) is 130 cm³/mol. The van der Waals surface area contributed by atoms with Crippen LogP contribution in [0.4, 0.5) is 10.8 Å². The van der Waals surface area contributed by atoms with Crippen LogP contribution in [-0.2, 0) is 0 Å². The zero-order valence-electron chi connectivity index (χ0n) is 17.5. The Balaban J connectivity index is 2.09. The molecule has 2 aromatic carbocycles. The summed E-state index contributed by atoms with van der Waals surface area (Å²) in [6.07, 6.45) is 0. The van der Waals surface area contributed by atoms with Gasteiger partial charge in [0.2, 0.25) is 0 Å². The fraction of sp³-hybridized carbons (Fsp3) is 0.217. The number of hydrogen-bond acceptors (Lipinski definition) is 5. The van der Waals surface area contributed by atoms with Gasteiger partial charge in [-0.05, 0) is 61.9 Å². The summed E-state index contributed by atoms with van der Waals surface area (Å²) in [5.41, 5.74) is 3.33. The van der Waals surface area contributed by atoms with E-state index in [2.05, 4.69) is 6.58 Å². The van der Waals surface area contributed by atoms with Crippen molar-refractivity contribution in [2.45, 2.75) is 13.8 Å². The van der Waals surface area contributed by atoms with Gasteiger partial charge in [0.15, 0.2) is 5.13 Å². The van der Waals surface area contributed by atoms with Crippen LogP contribution in [0.25, 0.3) is 5.70 Å². The van der Waals surface area contributed by atoms with Gasteiger partial charge in [-0.2, -0.15) is 0 Å². The van der Waals surface area contributed by atoms with E-state index in [1.165, 1.54) is 11.3 Å². The highest BCUT2D eigenvalue weighted by Crippen LogP contribution is 2.36. The summed E-state index contributed by atoms with van der Waals surface area (Å²) < 4.78 is 0. The van der Waals surface area contributed by atoms with Crippen molar-refractivity contribution in [1.29, 1.82) is 0 Å². The standard InChI is InChI=1S/C23H23Cl2N3O2S/c1-14-13-18(25)7-10-20(14)22(30)28(19-8-5-17(24)6-9-19)23-26-21(16(3)31-23)15(2)27(4)11-12-29/h5-10,13,29H,2,11-12H2,1,3-4H3. The van der Waals surface area contributed by atoms with Gasteiger partial charge in [-0.25, -0.2) is 4.98 Å². The lowest BCUT2D eigenvalue weighted by atomic mass is 10.1. The van der Waals surface area contributed by atoms with E-state index in [9.17, 15) is 9.90 Å². The van der Waals surface area contributed by atoms with Crippen LogP contribution >= 0.6 is 34.5 Å². The molecule has 0 atom stereocenters. The molecule has 0 radical (unpaired) electrons. The molecule has 0 aliphatic carbocycles. The first kappa shape index (κ1) is 23.3. The highest BCUT2D eigenvalue weighted by atomic mass is 35.5. The molecule has 31 heavy (non-hydrogen) atoms. The number of aryl methyl sites for hydroxylation is 2. The molecule has 1 N–H and O–H groups in total. The second kappa shape index (κ2) is 9.83. The van der Waals surface area contributed by atoms with Gasteiger partial charge in [0.1, 0.15) is 5.69 Å². The molecule has 8 heteroatoms. The molecule has 3 aromatic rings. The summed E-state index contributed by atoms with van der Waals surface area (Å²) in [6.45, 7) is 8.35. The van der Waals surface area contributed by atoms with Crippen molar-refractivity contribution in [1.82, 2.24) is 9.88 Å². The average Bonchev–Trinajstić information content (AvgIpc) is 3.10. The van der Waals surface area contributed by atoms with Gasteiger partial charge in [-0.15, -0.1) is 11.3 Å². The Hall–Kier alpha value is -2.38. The lowest BCUT2D eigenvalue weighted by Crippen LogP contribution is -2.26. The second-order valence-electron chi connectivity index (χ2n) is 7.07. The van der Waals surface area contributed by atoms with Crippen LogP contribution < -0.4 is 4.90 Å². The molecule has 1 aromatic heterocycles. The maximum Gasteiger partial charge on any atom is 0.264 e. The molecule has 0 bridgehead atoms. The molecular formula is C23H23Cl2N3O2S. The minimum absolute atomic E-state index is 0.0107. The van der Waals surface area contributed by atoms with Crippen molar-refractivity contribution in [3.63, 3.8) is 0 Å². The van der Waals surface area contributed by atoms with Crippen LogP contribution in [0, 0.1) is 13.8 Å². The molecule has 0 unspecified atom stereocenters. The Morgan fingerprint density at radius 3 is 2.39 bits per heavy atom. The minimum Gasteiger partial charge on any atom is -0.395 e. The van der Waals surface area contributed by atoms with Crippen molar-refractivity contribution in [2.24, 2.45) is 0 Å². The number of halogens is 2. The van der Waals surface area contributed by atoms with E-state index in [-0.39, 0.29) is 12.5 Å². The van der Waals surface area contributed by atoms with Crippen molar-refractivity contribution >= 4 is 57.0 Å². The molecule has 5 nitrogen and oxygen atoms in total. The number of carbonyl (C=O) groups excluding carboxylic acids is 1. The molecule has 3 rings (SSSR count). The number of aliphatic hydroxyl groups excluding tert-OH is 1. The van der Waals surface area contributed by atoms with E-state index in [0.717, 1.165) is 10.4 Å². The number of rotatable bonds is 7. The number of anilines is 2. The minimum atomic E-state index is -0.217. The normalized spacial score (nSPS) is 10.8. The number of likely N-dealkylation sites (N-methyl/N-ethyl adjacent to an activating group) is 1. The van der Waals surface area contributed by atoms with Gasteiger partial charge in [0.25, 0.3) is 5.91 Å². The zero-order chi connectivity index (χ0) is 22.7. The molecule has 0 aliphatic heterocycles. The third kappa shape index (κ3) is 5.10. The first-order valence-electron chi connectivity index (χ1n) is 9.57. The highest BCUT2D eigenvalue weighted by Gasteiger charge is 2.26. The van der Waals surface area contributed by atoms with Gasteiger partial charge >= 0.3 is 0 Å². The number of amides is 1. The number of benzene rings is 2. The van der Waals surface area contributed by atoms with E-state index in [0.29, 0.717) is 44.4 Å². The summed E-state index contributed by atoms with van der Waals surface area (Å²) >= 11 is 13.6. The molecule has 0 aliphatic rings. The van der Waals surface area contributed by atoms with Crippen LogP contribution in [0.15, 0.2) is 49.0 Å². The Kier molecular flexibility index (Phi) is 7.38. The van der Waals surface area contributed by atoms with E-state index in [4.69, 9.17) is 28.2 Å². The van der Waals surface area contributed by atoms with E-state index in [1.807, 2.05) is 25.8 Å². The predicted octanol–water partition coefficient (Wildman–Crippen LogP) is 5.94. The average molecular weight is 476 g/mol. The Morgan fingerprint density at radius 1 is 1.13 bits per heavy atom. The maximum absolute atomic E-state index is 13.6. The van der Waals surface area contributed by atoms with E-state index in [1.54, 1.807) is 47.4 Å². The molecule has 162 valence electrons. The van der Waals surface area contributed by atoms with Gasteiger partial charge in [0, 0.05) is 34.1 Å². The molecule has 0 saturated carbocycles. The lowest BCUT2D eigenvalue weighted by molar-refractivity contribution is 0.0998. The van der Waals surface area contributed by atoms with Crippen molar-refractivity contribution < 1.29 is 9.90 Å². The van der Waals surface area contributed by atoms with Crippen molar-refractivity contribution in [3.8, 4) is 0 Å². The number of carbonyl (C=O) groups is 1. The molecule has 0 saturated heterocycles. The number of aliphatic hydroxyl groups is 1. The monoisotopic (exact) mass is 475 g/mol. The van der Waals surface area contributed by atoms with Crippen LogP contribution in [0.5, 0.6) is 0 Å². The first-order chi connectivity index (χ1) is 14.7. The van der Waals surface area contributed by atoms with E-state index >= 15 is 0 Å².